The molecular weight excluding hydrogens is 224 g/mol. The van der Waals surface area contributed by atoms with Gasteiger partial charge in [0.15, 0.2) is 5.82 Å². The first kappa shape index (κ1) is 11.1. The molecule has 1 fully saturated rings. The molecule has 0 aliphatic heterocycles. The van der Waals surface area contributed by atoms with Crippen molar-refractivity contribution in [3.8, 4) is 11.3 Å². The van der Waals surface area contributed by atoms with Gasteiger partial charge in [-0.15, -0.1) is 0 Å². The molecule has 0 amide bonds. The van der Waals surface area contributed by atoms with Crippen LogP contribution < -0.4 is 11.6 Å². The van der Waals surface area contributed by atoms with Gasteiger partial charge >= 0.3 is 0 Å². The smallest absolute Gasteiger partial charge is 0.150 e. The Labute approximate surface area is 107 Å². The van der Waals surface area contributed by atoms with Crippen LogP contribution in [0.3, 0.4) is 0 Å². The number of rotatable bonds is 3. The molecule has 1 heterocycles. The molecule has 94 valence electrons. The number of nitrogens with zero attached hydrogens (tertiary/aromatic N) is 2. The summed E-state index contributed by atoms with van der Waals surface area (Å²) in [6.07, 6.45) is 3.37. The molecule has 4 nitrogen and oxygen atoms in total. The molecule has 4 heteroatoms. The second-order valence-electron chi connectivity index (χ2n) is 4.90. The van der Waals surface area contributed by atoms with Crippen LogP contribution in [0.2, 0.25) is 0 Å². The Morgan fingerprint density at radius 2 is 1.94 bits per heavy atom. The second-order valence-corrected chi connectivity index (χ2v) is 4.90. The number of nitrogen functional groups attached to an aromatic ring is 2. The molecule has 0 atom stereocenters. The fourth-order valence-corrected chi connectivity index (χ4v) is 2.20. The molecule has 0 bridgehead atoms. The number of hydrogen-bond acceptors (Lipinski definition) is 3. The van der Waals surface area contributed by atoms with Gasteiger partial charge in [0.2, 0.25) is 0 Å². The van der Waals surface area contributed by atoms with Gasteiger partial charge in [-0.3, -0.25) is 0 Å². The van der Waals surface area contributed by atoms with Crippen molar-refractivity contribution in [3.05, 3.63) is 35.7 Å². The topological polar surface area (TPSA) is 69.9 Å². The zero-order valence-electron chi connectivity index (χ0n) is 10.6. The van der Waals surface area contributed by atoms with E-state index in [-0.39, 0.29) is 0 Å². The first-order valence-corrected chi connectivity index (χ1v) is 6.43. The van der Waals surface area contributed by atoms with E-state index in [9.17, 15) is 0 Å². The van der Waals surface area contributed by atoms with Gasteiger partial charge in [0.05, 0.1) is 0 Å². The summed E-state index contributed by atoms with van der Waals surface area (Å²) < 4.78 is 1.54. The Balaban J connectivity index is 2.02. The van der Waals surface area contributed by atoms with Crippen LogP contribution in [0.4, 0.5) is 5.82 Å². The second kappa shape index (κ2) is 4.05. The molecule has 1 aromatic heterocycles. The summed E-state index contributed by atoms with van der Waals surface area (Å²) in [5, 5.41) is 0. The van der Waals surface area contributed by atoms with Crippen LogP contribution >= 0.6 is 0 Å². The van der Waals surface area contributed by atoms with Crippen molar-refractivity contribution < 1.29 is 0 Å². The quantitative estimate of drug-likeness (QED) is 0.811. The van der Waals surface area contributed by atoms with Crippen LogP contribution in [0.5, 0.6) is 0 Å². The predicted octanol–water partition coefficient (Wildman–Crippen LogP) is 2.29. The lowest BCUT2D eigenvalue weighted by Gasteiger charge is -2.02. The summed E-state index contributed by atoms with van der Waals surface area (Å²) >= 11 is 0. The van der Waals surface area contributed by atoms with Crippen LogP contribution in [-0.2, 0) is 6.42 Å². The van der Waals surface area contributed by atoms with Crippen molar-refractivity contribution in [1.29, 1.82) is 0 Å². The maximum absolute atomic E-state index is 6.05. The van der Waals surface area contributed by atoms with Gasteiger partial charge < -0.3 is 11.6 Å². The van der Waals surface area contributed by atoms with Crippen LogP contribution in [0, 0.1) is 0 Å². The lowest BCUT2D eigenvalue weighted by atomic mass is 10.1. The molecule has 0 unspecified atom stereocenters. The maximum Gasteiger partial charge on any atom is 0.150 e. The van der Waals surface area contributed by atoms with Crippen molar-refractivity contribution in [3.63, 3.8) is 0 Å². The fraction of sp³-hybridized carbons (Fsp3) is 0.357. The predicted molar refractivity (Wildman–Crippen MR) is 73.6 cm³/mol. The average molecular weight is 242 g/mol. The molecule has 4 N–H and O–H groups in total. The number of aromatic nitrogens is 2. The molecule has 0 saturated heterocycles. The van der Waals surface area contributed by atoms with E-state index >= 15 is 0 Å². The standard InChI is InChI=1S/C14H18N4/c1-2-9-3-5-10(6-4-9)12-13(15)18(16)14(17-12)11-7-8-11/h3-6,11H,2,7-8,15-16H2,1H3. The molecular formula is C14H18N4. The van der Waals surface area contributed by atoms with Crippen molar-refractivity contribution in [2.75, 3.05) is 11.6 Å². The van der Waals surface area contributed by atoms with E-state index < -0.39 is 0 Å². The summed E-state index contributed by atoms with van der Waals surface area (Å²) in [5.41, 5.74) is 9.20. The minimum absolute atomic E-state index is 0.501. The number of imidazole rings is 1. The van der Waals surface area contributed by atoms with E-state index in [1.165, 1.54) is 18.4 Å². The Morgan fingerprint density at radius 3 is 2.50 bits per heavy atom. The highest BCUT2D eigenvalue weighted by atomic mass is 15.4. The van der Waals surface area contributed by atoms with Gasteiger partial charge in [0.25, 0.3) is 0 Å². The van der Waals surface area contributed by atoms with E-state index in [1.54, 1.807) is 4.68 Å². The third-order valence-corrected chi connectivity index (χ3v) is 3.55. The van der Waals surface area contributed by atoms with Crippen molar-refractivity contribution in [2.24, 2.45) is 0 Å². The summed E-state index contributed by atoms with van der Waals surface area (Å²) in [4.78, 5) is 4.61. The third-order valence-electron chi connectivity index (χ3n) is 3.55. The normalized spacial score (nSPS) is 14.9. The molecule has 18 heavy (non-hydrogen) atoms. The number of aryl methyl sites for hydroxylation is 1. The van der Waals surface area contributed by atoms with Gasteiger partial charge in [-0.25, -0.2) is 9.66 Å². The highest BCUT2D eigenvalue weighted by molar-refractivity contribution is 5.71. The Kier molecular flexibility index (Phi) is 2.51. The first-order chi connectivity index (χ1) is 8.70. The van der Waals surface area contributed by atoms with Gasteiger partial charge in [-0.2, -0.15) is 0 Å². The highest BCUT2D eigenvalue weighted by Crippen LogP contribution is 2.41. The monoisotopic (exact) mass is 242 g/mol. The number of anilines is 1. The maximum atomic E-state index is 6.05. The van der Waals surface area contributed by atoms with E-state index in [2.05, 4.69) is 36.2 Å². The largest absolute Gasteiger partial charge is 0.382 e. The van der Waals surface area contributed by atoms with Gasteiger partial charge in [0.1, 0.15) is 11.5 Å². The minimum Gasteiger partial charge on any atom is -0.382 e. The highest BCUT2D eigenvalue weighted by Gasteiger charge is 2.30. The number of benzene rings is 1. The van der Waals surface area contributed by atoms with E-state index in [0.29, 0.717) is 11.7 Å². The minimum atomic E-state index is 0.501. The van der Waals surface area contributed by atoms with Gasteiger partial charge in [-0.05, 0) is 24.8 Å². The van der Waals surface area contributed by atoms with E-state index in [4.69, 9.17) is 11.6 Å². The zero-order chi connectivity index (χ0) is 12.7. The molecule has 3 rings (SSSR count). The Morgan fingerprint density at radius 1 is 1.28 bits per heavy atom. The van der Waals surface area contributed by atoms with Crippen molar-refractivity contribution in [2.45, 2.75) is 32.1 Å². The lowest BCUT2D eigenvalue weighted by Crippen LogP contribution is -2.14. The average Bonchev–Trinajstić information content (AvgIpc) is 3.19. The van der Waals surface area contributed by atoms with Crippen LogP contribution in [0.25, 0.3) is 11.3 Å². The molecule has 1 aromatic carbocycles. The Hall–Kier alpha value is -1.97. The van der Waals surface area contributed by atoms with Gasteiger partial charge in [0, 0.05) is 11.5 Å². The summed E-state index contributed by atoms with van der Waals surface area (Å²) in [5.74, 6) is 7.94. The number of hydrogen-bond donors (Lipinski definition) is 2. The summed E-state index contributed by atoms with van der Waals surface area (Å²) in [6, 6.07) is 8.35. The molecule has 1 saturated carbocycles. The fourth-order valence-electron chi connectivity index (χ4n) is 2.20. The Bertz CT molecular complexity index is 564. The zero-order valence-corrected chi connectivity index (χ0v) is 10.6. The van der Waals surface area contributed by atoms with Crippen LogP contribution in [0.15, 0.2) is 24.3 Å². The number of nitrogens with two attached hydrogens (primary N) is 2. The molecule has 0 spiro atoms. The molecule has 1 aliphatic rings. The van der Waals surface area contributed by atoms with Crippen LogP contribution in [-0.4, -0.2) is 9.66 Å². The van der Waals surface area contributed by atoms with Crippen LogP contribution in [0.1, 0.15) is 37.1 Å². The summed E-state index contributed by atoms with van der Waals surface area (Å²) in [7, 11) is 0. The molecule has 1 aliphatic carbocycles. The lowest BCUT2D eigenvalue weighted by molar-refractivity contribution is 0.855. The van der Waals surface area contributed by atoms with Crippen molar-refractivity contribution >= 4 is 5.82 Å². The molecule has 2 aromatic rings. The summed E-state index contributed by atoms with van der Waals surface area (Å²) in [6.45, 7) is 2.14. The first-order valence-electron chi connectivity index (χ1n) is 6.43. The van der Waals surface area contributed by atoms with Gasteiger partial charge in [-0.1, -0.05) is 31.2 Å². The third kappa shape index (κ3) is 1.74. The van der Waals surface area contributed by atoms with Crippen molar-refractivity contribution in [1.82, 2.24) is 9.66 Å². The SMILES string of the molecule is CCc1ccc(-c2nc(C3CC3)n(N)c2N)cc1. The van der Waals surface area contributed by atoms with E-state index in [1.807, 2.05) is 0 Å². The van der Waals surface area contributed by atoms with E-state index in [0.717, 1.165) is 23.5 Å². The molecule has 0 radical (unpaired) electrons.